The molecule has 0 aromatic carbocycles. The molecule has 0 bridgehead atoms. The zero-order chi connectivity index (χ0) is 11.5. The van der Waals surface area contributed by atoms with Gasteiger partial charge in [0.05, 0.1) is 24.9 Å². The van der Waals surface area contributed by atoms with Crippen molar-refractivity contribution >= 4 is 5.52 Å². The molecule has 17 heavy (non-hydrogen) atoms. The molecule has 1 aliphatic rings. The monoisotopic (exact) mass is 231 g/mol. The first-order valence-corrected chi connectivity index (χ1v) is 6.14. The van der Waals surface area contributed by atoms with Crippen molar-refractivity contribution in [1.82, 2.24) is 14.3 Å². The molecule has 1 saturated heterocycles. The van der Waals surface area contributed by atoms with Gasteiger partial charge in [-0.3, -0.25) is 4.90 Å². The fraction of sp³-hybridized carbons (Fsp3) is 0.462. The molecule has 1 aliphatic heterocycles. The third-order valence-corrected chi connectivity index (χ3v) is 3.27. The van der Waals surface area contributed by atoms with Gasteiger partial charge in [0.15, 0.2) is 0 Å². The predicted octanol–water partition coefficient (Wildman–Crippen LogP) is 1.21. The predicted molar refractivity (Wildman–Crippen MR) is 66.2 cm³/mol. The number of aromatic nitrogens is 2. The van der Waals surface area contributed by atoms with E-state index >= 15 is 0 Å². The van der Waals surface area contributed by atoms with Crippen molar-refractivity contribution in [2.24, 2.45) is 0 Å². The third-order valence-electron chi connectivity index (χ3n) is 3.27. The molecule has 3 heterocycles. The first-order chi connectivity index (χ1) is 8.43. The Morgan fingerprint density at radius 1 is 1.24 bits per heavy atom. The topological polar surface area (TPSA) is 29.8 Å². The van der Waals surface area contributed by atoms with Gasteiger partial charge >= 0.3 is 0 Å². The van der Waals surface area contributed by atoms with Gasteiger partial charge in [0.25, 0.3) is 0 Å². The zero-order valence-corrected chi connectivity index (χ0v) is 9.88. The number of hydrogen-bond acceptors (Lipinski definition) is 3. The maximum atomic E-state index is 5.34. The quantitative estimate of drug-likeness (QED) is 0.795. The highest BCUT2D eigenvalue weighted by molar-refractivity contribution is 5.45. The Balaban J connectivity index is 1.68. The standard InChI is InChI=1S/C13H17N3O/c1-2-5-16-12(3-1)11-14-13(16)4-6-15-7-9-17-10-8-15/h1-3,5,11H,4,6-10H2. The van der Waals surface area contributed by atoms with Crippen LogP contribution < -0.4 is 0 Å². The van der Waals surface area contributed by atoms with E-state index in [-0.39, 0.29) is 0 Å². The summed E-state index contributed by atoms with van der Waals surface area (Å²) < 4.78 is 7.51. The number of morpholine rings is 1. The lowest BCUT2D eigenvalue weighted by atomic mass is 10.3. The molecule has 2 aromatic heterocycles. The summed E-state index contributed by atoms with van der Waals surface area (Å²) in [5.74, 6) is 1.15. The Hall–Kier alpha value is -1.39. The number of rotatable bonds is 3. The van der Waals surface area contributed by atoms with E-state index in [4.69, 9.17) is 4.74 Å². The fourth-order valence-electron chi connectivity index (χ4n) is 2.27. The molecule has 0 aliphatic carbocycles. The lowest BCUT2D eigenvalue weighted by Crippen LogP contribution is -2.37. The van der Waals surface area contributed by atoms with E-state index in [9.17, 15) is 0 Å². The van der Waals surface area contributed by atoms with Crippen LogP contribution in [0.1, 0.15) is 5.82 Å². The lowest BCUT2D eigenvalue weighted by Gasteiger charge is -2.26. The van der Waals surface area contributed by atoms with Crippen molar-refractivity contribution in [3.63, 3.8) is 0 Å². The number of nitrogens with zero attached hydrogens (tertiary/aromatic N) is 3. The van der Waals surface area contributed by atoms with Gasteiger partial charge in [-0.1, -0.05) is 6.07 Å². The molecule has 0 N–H and O–H groups in total. The molecule has 0 unspecified atom stereocenters. The normalized spacial score (nSPS) is 17.6. The molecule has 4 heteroatoms. The molecule has 3 rings (SSSR count). The van der Waals surface area contributed by atoms with Crippen molar-refractivity contribution in [1.29, 1.82) is 0 Å². The maximum Gasteiger partial charge on any atom is 0.114 e. The van der Waals surface area contributed by atoms with E-state index in [1.54, 1.807) is 0 Å². The number of pyridine rings is 1. The zero-order valence-electron chi connectivity index (χ0n) is 9.88. The van der Waals surface area contributed by atoms with E-state index in [1.807, 2.05) is 18.3 Å². The highest BCUT2D eigenvalue weighted by Gasteiger charge is 2.11. The first kappa shape index (κ1) is 10.7. The molecule has 90 valence electrons. The van der Waals surface area contributed by atoms with Crippen LogP contribution in [0.3, 0.4) is 0 Å². The average Bonchev–Trinajstić information content (AvgIpc) is 2.81. The van der Waals surface area contributed by atoms with Crippen LogP contribution in [0.5, 0.6) is 0 Å². The molecule has 2 aromatic rings. The molecule has 0 atom stereocenters. The van der Waals surface area contributed by atoms with Crippen LogP contribution in [-0.4, -0.2) is 47.1 Å². The van der Waals surface area contributed by atoms with Crippen LogP contribution in [0.25, 0.3) is 5.52 Å². The van der Waals surface area contributed by atoms with Crippen LogP contribution in [0.4, 0.5) is 0 Å². The Labute approximate surface area is 101 Å². The van der Waals surface area contributed by atoms with Gasteiger partial charge in [-0.2, -0.15) is 0 Å². The second kappa shape index (κ2) is 4.85. The van der Waals surface area contributed by atoms with Crippen LogP contribution >= 0.6 is 0 Å². The second-order valence-electron chi connectivity index (χ2n) is 4.37. The molecule has 0 saturated carbocycles. The molecule has 4 nitrogen and oxygen atoms in total. The Kier molecular flexibility index (Phi) is 3.07. The maximum absolute atomic E-state index is 5.34. The fourth-order valence-corrected chi connectivity index (χ4v) is 2.27. The average molecular weight is 231 g/mol. The van der Waals surface area contributed by atoms with Crippen molar-refractivity contribution in [2.45, 2.75) is 6.42 Å². The van der Waals surface area contributed by atoms with Crippen LogP contribution in [0, 0.1) is 0 Å². The largest absolute Gasteiger partial charge is 0.379 e. The minimum absolute atomic E-state index is 0.863. The summed E-state index contributed by atoms with van der Waals surface area (Å²) in [4.78, 5) is 6.92. The highest BCUT2D eigenvalue weighted by Crippen LogP contribution is 2.07. The molecule has 1 fully saturated rings. The minimum Gasteiger partial charge on any atom is -0.379 e. The molecular formula is C13H17N3O. The summed E-state index contributed by atoms with van der Waals surface area (Å²) in [6.07, 6.45) is 5.02. The Morgan fingerprint density at radius 2 is 2.12 bits per heavy atom. The SMILES string of the molecule is c1ccn2c(CCN3CCOCC3)ncc2c1. The summed E-state index contributed by atoms with van der Waals surface area (Å²) in [5, 5.41) is 0. The van der Waals surface area contributed by atoms with Crippen molar-refractivity contribution < 1.29 is 4.74 Å². The molecule has 0 spiro atoms. The van der Waals surface area contributed by atoms with Gasteiger partial charge in [-0.15, -0.1) is 0 Å². The Morgan fingerprint density at radius 3 is 3.00 bits per heavy atom. The summed E-state index contributed by atoms with van der Waals surface area (Å²) in [6, 6.07) is 6.18. The Bertz CT molecular complexity index is 488. The number of ether oxygens (including phenoxy) is 1. The molecule has 0 amide bonds. The van der Waals surface area contributed by atoms with Crippen LogP contribution in [0.15, 0.2) is 30.6 Å². The lowest BCUT2D eigenvalue weighted by molar-refractivity contribution is 0.0382. The number of imidazole rings is 1. The molecular weight excluding hydrogens is 214 g/mol. The molecule has 0 radical (unpaired) electrons. The van der Waals surface area contributed by atoms with Crippen molar-refractivity contribution in [3.8, 4) is 0 Å². The van der Waals surface area contributed by atoms with Crippen molar-refractivity contribution in [2.75, 3.05) is 32.8 Å². The second-order valence-corrected chi connectivity index (χ2v) is 4.37. The van der Waals surface area contributed by atoms with Gasteiger partial charge in [0.1, 0.15) is 5.82 Å². The van der Waals surface area contributed by atoms with E-state index in [0.717, 1.165) is 45.1 Å². The van der Waals surface area contributed by atoms with Crippen molar-refractivity contribution in [3.05, 3.63) is 36.4 Å². The third kappa shape index (κ3) is 2.33. The number of fused-ring (bicyclic) bond motifs is 1. The van der Waals surface area contributed by atoms with E-state index in [2.05, 4.69) is 26.5 Å². The van der Waals surface area contributed by atoms with Crippen LogP contribution in [-0.2, 0) is 11.2 Å². The minimum atomic E-state index is 0.863. The summed E-state index contributed by atoms with van der Waals surface area (Å²) in [5.41, 5.74) is 1.17. The van der Waals surface area contributed by atoms with Crippen LogP contribution in [0.2, 0.25) is 0 Å². The first-order valence-electron chi connectivity index (χ1n) is 6.14. The highest BCUT2D eigenvalue weighted by atomic mass is 16.5. The summed E-state index contributed by atoms with van der Waals surface area (Å²) in [7, 11) is 0. The van der Waals surface area contributed by atoms with Gasteiger partial charge < -0.3 is 9.14 Å². The van der Waals surface area contributed by atoms with Gasteiger partial charge in [-0.25, -0.2) is 4.98 Å². The summed E-state index contributed by atoms with van der Waals surface area (Å²) in [6.45, 7) is 4.88. The number of hydrogen-bond donors (Lipinski definition) is 0. The van der Waals surface area contributed by atoms with E-state index in [0.29, 0.717) is 0 Å². The smallest absolute Gasteiger partial charge is 0.114 e. The van der Waals surface area contributed by atoms with E-state index in [1.165, 1.54) is 5.52 Å². The van der Waals surface area contributed by atoms with Gasteiger partial charge in [0.2, 0.25) is 0 Å². The summed E-state index contributed by atoms with van der Waals surface area (Å²) >= 11 is 0. The van der Waals surface area contributed by atoms with E-state index < -0.39 is 0 Å². The van der Waals surface area contributed by atoms with Gasteiger partial charge in [-0.05, 0) is 12.1 Å². The van der Waals surface area contributed by atoms with Gasteiger partial charge in [0, 0.05) is 32.3 Å².